The van der Waals surface area contributed by atoms with E-state index in [1.807, 2.05) is 13.2 Å². The molecule has 1 heterocycles. The number of aryl methyl sites for hydroxylation is 1. The molecule has 4 nitrogen and oxygen atoms in total. The van der Waals surface area contributed by atoms with E-state index in [0.29, 0.717) is 5.92 Å². The molecule has 1 rings (SSSR count). The lowest BCUT2D eigenvalue weighted by Gasteiger charge is -2.10. The fraction of sp³-hybridized carbons (Fsp3) is 0.778. The van der Waals surface area contributed by atoms with Crippen LogP contribution in [0.15, 0.2) is 6.20 Å². The fourth-order valence-electron chi connectivity index (χ4n) is 1.50. The standard InChI is InChI=1S/C9H18N4/c1-3-4-8(6-10)5-9-7-13(2)12-11-9/h7-8H,3-6,10H2,1-2H3. The van der Waals surface area contributed by atoms with Gasteiger partial charge >= 0.3 is 0 Å². The quantitative estimate of drug-likeness (QED) is 0.730. The molecule has 1 aromatic heterocycles. The summed E-state index contributed by atoms with van der Waals surface area (Å²) in [6.07, 6.45) is 5.27. The van der Waals surface area contributed by atoms with Gasteiger partial charge in [-0.2, -0.15) is 0 Å². The highest BCUT2D eigenvalue weighted by molar-refractivity contribution is 4.93. The van der Waals surface area contributed by atoms with E-state index in [9.17, 15) is 0 Å². The maximum Gasteiger partial charge on any atom is 0.0830 e. The molecule has 1 aromatic rings. The zero-order valence-electron chi connectivity index (χ0n) is 8.40. The van der Waals surface area contributed by atoms with Gasteiger partial charge in [0.2, 0.25) is 0 Å². The van der Waals surface area contributed by atoms with Crippen molar-refractivity contribution < 1.29 is 0 Å². The molecule has 13 heavy (non-hydrogen) atoms. The molecule has 0 bridgehead atoms. The Balaban J connectivity index is 2.46. The summed E-state index contributed by atoms with van der Waals surface area (Å²) in [7, 11) is 1.88. The molecule has 1 unspecified atom stereocenters. The lowest BCUT2D eigenvalue weighted by molar-refractivity contribution is 0.482. The van der Waals surface area contributed by atoms with Crippen molar-refractivity contribution in [1.29, 1.82) is 0 Å². The third kappa shape index (κ3) is 3.14. The molecule has 0 saturated heterocycles. The summed E-state index contributed by atoms with van der Waals surface area (Å²) >= 11 is 0. The predicted octanol–water partition coefficient (Wildman–Crippen LogP) is 0.733. The molecular formula is C9H18N4. The van der Waals surface area contributed by atoms with Crippen LogP contribution >= 0.6 is 0 Å². The third-order valence-corrected chi connectivity index (χ3v) is 2.18. The number of aromatic nitrogens is 3. The minimum atomic E-state index is 0.557. The largest absolute Gasteiger partial charge is 0.330 e. The van der Waals surface area contributed by atoms with E-state index in [4.69, 9.17) is 5.73 Å². The van der Waals surface area contributed by atoms with Gasteiger partial charge in [0.25, 0.3) is 0 Å². The molecule has 4 heteroatoms. The summed E-state index contributed by atoms with van der Waals surface area (Å²) in [6, 6.07) is 0. The number of nitrogens with zero attached hydrogens (tertiary/aromatic N) is 3. The molecule has 0 aromatic carbocycles. The van der Waals surface area contributed by atoms with Gasteiger partial charge in [-0.15, -0.1) is 5.10 Å². The molecule has 0 fully saturated rings. The SMILES string of the molecule is CCCC(CN)Cc1cn(C)nn1. The van der Waals surface area contributed by atoms with E-state index < -0.39 is 0 Å². The maximum absolute atomic E-state index is 5.66. The van der Waals surface area contributed by atoms with Gasteiger partial charge in [-0.05, 0) is 25.3 Å². The molecule has 74 valence electrons. The molecule has 1 atom stereocenters. The van der Waals surface area contributed by atoms with E-state index in [-0.39, 0.29) is 0 Å². The van der Waals surface area contributed by atoms with Gasteiger partial charge in [0.05, 0.1) is 5.69 Å². The minimum absolute atomic E-state index is 0.557. The average molecular weight is 182 g/mol. The van der Waals surface area contributed by atoms with Crippen LogP contribution in [-0.4, -0.2) is 21.5 Å². The second kappa shape index (κ2) is 4.97. The minimum Gasteiger partial charge on any atom is -0.330 e. The van der Waals surface area contributed by atoms with E-state index >= 15 is 0 Å². The fourth-order valence-corrected chi connectivity index (χ4v) is 1.50. The monoisotopic (exact) mass is 182 g/mol. The Labute approximate surface area is 79.1 Å². The van der Waals surface area contributed by atoms with Crippen molar-refractivity contribution in [2.24, 2.45) is 18.7 Å². The highest BCUT2D eigenvalue weighted by Gasteiger charge is 2.08. The van der Waals surface area contributed by atoms with Gasteiger partial charge in [-0.25, -0.2) is 0 Å². The first kappa shape index (κ1) is 10.2. The summed E-state index contributed by atoms with van der Waals surface area (Å²) < 4.78 is 1.73. The second-order valence-electron chi connectivity index (χ2n) is 3.48. The maximum atomic E-state index is 5.66. The van der Waals surface area contributed by atoms with Crippen LogP contribution in [-0.2, 0) is 13.5 Å². The second-order valence-corrected chi connectivity index (χ2v) is 3.48. The van der Waals surface area contributed by atoms with Crippen LogP contribution in [0.3, 0.4) is 0 Å². The van der Waals surface area contributed by atoms with Gasteiger partial charge in [-0.3, -0.25) is 4.68 Å². The summed E-state index contributed by atoms with van der Waals surface area (Å²) in [5.74, 6) is 0.557. The Morgan fingerprint density at radius 1 is 1.62 bits per heavy atom. The van der Waals surface area contributed by atoms with Crippen LogP contribution in [0.1, 0.15) is 25.5 Å². The van der Waals surface area contributed by atoms with Crippen LogP contribution in [0.5, 0.6) is 0 Å². The van der Waals surface area contributed by atoms with Crippen LogP contribution < -0.4 is 5.73 Å². The summed E-state index contributed by atoms with van der Waals surface area (Å²) in [5.41, 5.74) is 6.71. The molecule has 0 aliphatic heterocycles. The van der Waals surface area contributed by atoms with E-state index in [1.54, 1.807) is 4.68 Å². The van der Waals surface area contributed by atoms with E-state index in [2.05, 4.69) is 17.2 Å². The molecule has 0 aliphatic carbocycles. The molecule has 0 radical (unpaired) electrons. The first-order chi connectivity index (χ1) is 6.26. The Kier molecular flexibility index (Phi) is 3.89. The smallest absolute Gasteiger partial charge is 0.0830 e. The molecule has 0 amide bonds. The van der Waals surface area contributed by atoms with Crippen molar-refractivity contribution in [2.75, 3.05) is 6.54 Å². The molecule has 2 N–H and O–H groups in total. The van der Waals surface area contributed by atoms with Crippen molar-refractivity contribution in [3.63, 3.8) is 0 Å². The van der Waals surface area contributed by atoms with Crippen molar-refractivity contribution in [1.82, 2.24) is 15.0 Å². The first-order valence-corrected chi connectivity index (χ1v) is 4.81. The number of hydrogen-bond donors (Lipinski definition) is 1. The van der Waals surface area contributed by atoms with Crippen LogP contribution in [0.2, 0.25) is 0 Å². The van der Waals surface area contributed by atoms with Crippen LogP contribution in [0.4, 0.5) is 0 Å². The normalized spacial score (nSPS) is 13.2. The van der Waals surface area contributed by atoms with Crippen molar-refractivity contribution in [3.8, 4) is 0 Å². The van der Waals surface area contributed by atoms with Gasteiger partial charge in [0.1, 0.15) is 0 Å². The topological polar surface area (TPSA) is 56.7 Å². The first-order valence-electron chi connectivity index (χ1n) is 4.81. The Hall–Kier alpha value is -0.900. The third-order valence-electron chi connectivity index (χ3n) is 2.18. The number of rotatable bonds is 5. The Morgan fingerprint density at radius 3 is 2.85 bits per heavy atom. The van der Waals surface area contributed by atoms with E-state index in [0.717, 1.165) is 18.7 Å². The number of nitrogens with two attached hydrogens (primary N) is 1. The van der Waals surface area contributed by atoms with Crippen molar-refractivity contribution in [2.45, 2.75) is 26.2 Å². The highest BCUT2D eigenvalue weighted by Crippen LogP contribution is 2.10. The van der Waals surface area contributed by atoms with Crippen molar-refractivity contribution >= 4 is 0 Å². The molecule has 0 aliphatic rings. The summed E-state index contributed by atoms with van der Waals surface area (Å²) in [4.78, 5) is 0. The van der Waals surface area contributed by atoms with Gasteiger partial charge in [-0.1, -0.05) is 18.6 Å². The lowest BCUT2D eigenvalue weighted by atomic mass is 9.99. The summed E-state index contributed by atoms with van der Waals surface area (Å²) in [6.45, 7) is 2.92. The zero-order valence-corrected chi connectivity index (χ0v) is 8.40. The highest BCUT2D eigenvalue weighted by atomic mass is 15.4. The lowest BCUT2D eigenvalue weighted by Crippen LogP contribution is -2.16. The predicted molar refractivity (Wildman–Crippen MR) is 52.2 cm³/mol. The van der Waals surface area contributed by atoms with Gasteiger partial charge < -0.3 is 5.73 Å². The van der Waals surface area contributed by atoms with Gasteiger partial charge in [0, 0.05) is 13.2 Å². The average Bonchev–Trinajstić information content (AvgIpc) is 2.50. The molecular weight excluding hydrogens is 164 g/mol. The zero-order chi connectivity index (χ0) is 9.68. The molecule has 0 spiro atoms. The van der Waals surface area contributed by atoms with Gasteiger partial charge in [0.15, 0.2) is 0 Å². The number of hydrogen-bond acceptors (Lipinski definition) is 3. The van der Waals surface area contributed by atoms with Crippen LogP contribution in [0.25, 0.3) is 0 Å². The Morgan fingerprint density at radius 2 is 2.38 bits per heavy atom. The van der Waals surface area contributed by atoms with Crippen molar-refractivity contribution in [3.05, 3.63) is 11.9 Å². The summed E-state index contributed by atoms with van der Waals surface area (Å²) in [5, 5.41) is 7.93. The van der Waals surface area contributed by atoms with E-state index in [1.165, 1.54) is 12.8 Å². The Bertz CT molecular complexity index is 244. The molecule has 0 saturated carbocycles. The van der Waals surface area contributed by atoms with Crippen LogP contribution in [0, 0.1) is 5.92 Å².